The van der Waals surface area contributed by atoms with Gasteiger partial charge in [0.25, 0.3) is 0 Å². The number of unbranched alkanes of at least 4 members (excludes halogenated alkanes) is 15. The van der Waals surface area contributed by atoms with Gasteiger partial charge in [-0.3, -0.25) is 0 Å². The van der Waals surface area contributed by atoms with Gasteiger partial charge in [0.2, 0.25) is 0 Å². The maximum Gasteiger partial charge on any atom is 0.334 e. The van der Waals surface area contributed by atoms with Crippen LogP contribution in [0.2, 0.25) is 12.6 Å². The topological polar surface area (TPSA) is 40.2 Å². The first-order valence-corrected chi connectivity index (χ1v) is 16.2. The SMILES string of the molecule is CCO[Si](C)(CCCCCCCCCCCCCCCCCCOCC1CO1)OCC. The molecule has 1 fully saturated rings. The van der Waals surface area contributed by atoms with E-state index in [0.29, 0.717) is 6.10 Å². The molecule has 4 nitrogen and oxygen atoms in total. The molecule has 0 aromatic carbocycles. The number of epoxide rings is 1. The van der Waals surface area contributed by atoms with Crippen LogP contribution in [-0.2, 0) is 18.3 Å². The molecule has 0 aromatic heterocycles. The van der Waals surface area contributed by atoms with Gasteiger partial charge in [0.05, 0.1) is 13.2 Å². The number of ether oxygens (including phenoxy) is 2. The molecule has 1 aliphatic heterocycles. The monoisotopic (exact) mass is 458 g/mol. The Morgan fingerprint density at radius 1 is 0.645 bits per heavy atom. The largest absolute Gasteiger partial charge is 0.395 e. The summed E-state index contributed by atoms with van der Waals surface area (Å²) in [7, 11) is -1.87. The molecule has 1 aliphatic rings. The highest BCUT2D eigenvalue weighted by molar-refractivity contribution is 6.66. The van der Waals surface area contributed by atoms with Crippen molar-refractivity contribution in [2.45, 2.75) is 135 Å². The predicted octanol–water partition coefficient (Wildman–Crippen LogP) is 7.79. The molecule has 0 amide bonds. The van der Waals surface area contributed by atoms with Gasteiger partial charge in [-0.25, -0.2) is 0 Å². The maximum atomic E-state index is 5.92. The lowest BCUT2D eigenvalue weighted by Gasteiger charge is -2.25. The van der Waals surface area contributed by atoms with E-state index in [1.807, 2.05) is 0 Å². The standard InChI is InChI=1S/C26H54O4Si/c1-4-29-31(3,30-5-2)23-21-19-17-15-13-11-9-7-6-8-10-12-14-16-18-20-22-27-24-26-25-28-26/h26H,4-25H2,1-3H3. The highest BCUT2D eigenvalue weighted by atomic mass is 28.4. The summed E-state index contributed by atoms with van der Waals surface area (Å²) in [4.78, 5) is 0. The lowest BCUT2D eigenvalue weighted by Crippen LogP contribution is -2.38. The fourth-order valence-corrected chi connectivity index (χ4v) is 6.79. The fourth-order valence-electron chi connectivity index (χ4n) is 4.30. The van der Waals surface area contributed by atoms with Gasteiger partial charge in [-0.1, -0.05) is 96.3 Å². The zero-order chi connectivity index (χ0) is 22.5. The number of rotatable bonds is 25. The average Bonchev–Trinajstić information content (AvgIpc) is 3.57. The fraction of sp³-hybridized carbons (Fsp3) is 1.00. The van der Waals surface area contributed by atoms with Gasteiger partial charge in [-0.2, -0.15) is 0 Å². The van der Waals surface area contributed by atoms with Crippen LogP contribution >= 0.6 is 0 Å². The van der Waals surface area contributed by atoms with Crippen LogP contribution < -0.4 is 0 Å². The minimum absolute atomic E-state index is 0.417. The maximum absolute atomic E-state index is 5.92. The van der Waals surface area contributed by atoms with Gasteiger partial charge in [0.1, 0.15) is 6.10 Å². The van der Waals surface area contributed by atoms with E-state index in [4.69, 9.17) is 18.3 Å². The molecule has 0 aliphatic carbocycles. The normalized spacial score (nSPS) is 16.2. The van der Waals surface area contributed by atoms with Crippen molar-refractivity contribution in [2.24, 2.45) is 0 Å². The van der Waals surface area contributed by atoms with Crippen molar-refractivity contribution in [1.29, 1.82) is 0 Å². The summed E-state index contributed by atoms with van der Waals surface area (Å²) in [5.41, 5.74) is 0. The lowest BCUT2D eigenvalue weighted by atomic mass is 10.0. The second-order valence-electron chi connectivity index (χ2n) is 9.44. The summed E-state index contributed by atoms with van der Waals surface area (Å²) in [5, 5.41) is 0. The number of hydrogen-bond donors (Lipinski definition) is 0. The molecule has 186 valence electrons. The van der Waals surface area contributed by atoms with Gasteiger partial charge in [0, 0.05) is 19.8 Å². The van der Waals surface area contributed by atoms with Gasteiger partial charge in [-0.05, 0) is 32.9 Å². The van der Waals surface area contributed by atoms with Crippen LogP contribution in [-0.4, -0.2) is 47.7 Å². The zero-order valence-electron chi connectivity index (χ0n) is 21.3. The highest BCUT2D eigenvalue weighted by Crippen LogP contribution is 2.19. The van der Waals surface area contributed by atoms with E-state index < -0.39 is 8.56 Å². The van der Waals surface area contributed by atoms with E-state index in [1.165, 1.54) is 103 Å². The Bertz CT molecular complexity index is 370. The van der Waals surface area contributed by atoms with Crippen LogP contribution in [0.15, 0.2) is 0 Å². The summed E-state index contributed by atoms with van der Waals surface area (Å²) in [6, 6.07) is 1.15. The minimum atomic E-state index is -1.87. The summed E-state index contributed by atoms with van der Waals surface area (Å²) in [5.74, 6) is 0. The molecule has 1 rings (SSSR count). The van der Waals surface area contributed by atoms with Crippen LogP contribution in [0.25, 0.3) is 0 Å². The molecule has 0 aromatic rings. The highest BCUT2D eigenvalue weighted by Gasteiger charge is 2.29. The molecule has 0 bridgehead atoms. The van der Waals surface area contributed by atoms with Gasteiger partial charge < -0.3 is 18.3 Å². The quantitative estimate of drug-likeness (QED) is 0.0795. The minimum Gasteiger partial charge on any atom is -0.395 e. The van der Waals surface area contributed by atoms with Crippen molar-refractivity contribution < 1.29 is 18.3 Å². The lowest BCUT2D eigenvalue weighted by molar-refractivity contribution is 0.113. The number of hydrogen-bond acceptors (Lipinski definition) is 4. The first-order chi connectivity index (χ1) is 15.2. The van der Waals surface area contributed by atoms with E-state index in [2.05, 4.69) is 20.4 Å². The molecule has 1 saturated heterocycles. The summed E-state index contributed by atoms with van der Waals surface area (Å²) in [6.45, 7) is 10.6. The Balaban J connectivity index is 1.70. The Kier molecular flexibility index (Phi) is 19.4. The van der Waals surface area contributed by atoms with Gasteiger partial charge in [-0.15, -0.1) is 0 Å². The molecule has 0 spiro atoms. The van der Waals surface area contributed by atoms with E-state index in [9.17, 15) is 0 Å². The van der Waals surface area contributed by atoms with Crippen LogP contribution in [0.5, 0.6) is 0 Å². The van der Waals surface area contributed by atoms with Crippen molar-refractivity contribution in [3.8, 4) is 0 Å². The smallest absolute Gasteiger partial charge is 0.334 e. The second-order valence-corrected chi connectivity index (χ2v) is 12.8. The summed E-state index contributed by atoms with van der Waals surface area (Å²) >= 11 is 0. The average molecular weight is 459 g/mol. The first kappa shape index (κ1) is 29.1. The van der Waals surface area contributed by atoms with E-state index in [1.54, 1.807) is 0 Å². The third-order valence-electron chi connectivity index (χ3n) is 6.28. The molecule has 5 heteroatoms. The zero-order valence-corrected chi connectivity index (χ0v) is 22.3. The van der Waals surface area contributed by atoms with Crippen molar-refractivity contribution in [2.75, 3.05) is 33.0 Å². The first-order valence-electron chi connectivity index (χ1n) is 13.7. The molecule has 1 atom stereocenters. The Morgan fingerprint density at radius 2 is 1.03 bits per heavy atom. The predicted molar refractivity (Wildman–Crippen MR) is 134 cm³/mol. The summed E-state index contributed by atoms with van der Waals surface area (Å²) in [6.07, 6.45) is 22.6. The van der Waals surface area contributed by atoms with Gasteiger partial charge >= 0.3 is 8.56 Å². The Hall–Kier alpha value is 0.0569. The van der Waals surface area contributed by atoms with Crippen LogP contribution in [0.3, 0.4) is 0 Å². The second kappa shape index (κ2) is 20.6. The molecule has 0 saturated carbocycles. The van der Waals surface area contributed by atoms with Crippen LogP contribution in [0.1, 0.15) is 117 Å². The molecule has 0 N–H and O–H groups in total. The third-order valence-corrected chi connectivity index (χ3v) is 9.34. The Labute approximate surface area is 195 Å². The molecular weight excluding hydrogens is 404 g/mol. The summed E-state index contributed by atoms with van der Waals surface area (Å²) < 4.78 is 22.6. The third kappa shape index (κ3) is 19.3. The molecule has 1 heterocycles. The van der Waals surface area contributed by atoms with E-state index in [0.717, 1.165) is 39.1 Å². The van der Waals surface area contributed by atoms with Crippen molar-refractivity contribution in [3.63, 3.8) is 0 Å². The van der Waals surface area contributed by atoms with Crippen molar-refractivity contribution in [3.05, 3.63) is 0 Å². The van der Waals surface area contributed by atoms with E-state index >= 15 is 0 Å². The molecule has 31 heavy (non-hydrogen) atoms. The van der Waals surface area contributed by atoms with Crippen LogP contribution in [0.4, 0.5) is 0 Å². The van der Waals surface area contributed by atoms with Gasteiger partial charge in [0.15, 0.2) is 0 Å². The molecule has 0 radical (unpaired) electrons. The molecule has 1 unspecified atom stereocenters. The van der Waals surface area contributed by atoms with Crippen molar-refractivity contribution in [1.82, 2.24) is 0 Å². The van der Waals surface area contributed by atoms with Crippen LogP contribution in [0, 0.1) is 0 Å². The van der Waals surface area contributed by atoms with Crippen molar-refractivity contribution >= 4 is 8.56 Å². The van der Waals surface area contributed by atoms with E-state index in [-0.39, 0.29) is 0 Å². The Morgan fingerprint density at radius 3 is 1.42 bits per heavy atom. The molecular formula is C26H54O4Si.